The van der Waals surface area contributed by atoms with E-state index in [2.05, 4.69) is 10.1 Å². The van der Waals surface area contributed by atoms with Crippen molar-refractivity contribution in [2.45, 2.75) is 12.8 Å². The van der Waals surface area contributed by atoms with Crippen molar-refractivity contribution >= 4 is 11.5 Å². The van der Waals surface area contributed by atoms with E-state index in [1.807, 2.05) is 0 Å². The van der Waals surface area contributed by atoms with Crippen LogP contribution >= 0.6 is 0 Å². The summed E-state index contributed by atoms with van der Waals surface area (Å²) in [5.41, 5.74) is 1.26. The molecule has 6 nitrogen and oxygen atoms in total. The predicted octanol–water partition coefficient (Wildman–Crippen LogP) is 0.926. The van der Waals surface area contributed by atoms with Gasteiger partial charge in [-0.2, -0.15) is 10.1 Å². The second-order valence-corrected chi connectivity index (χ2v) is 3.38. The van der Waals surface area contributed by atoms with Gasteiger partial charge in [0.25, 0.3) is 0 Å². The molecule has 2 rings (SSSR count). The number of carbonyl (C=O) groups is 1. The van der Waals surface area contributed by atoms with Crippen LogP contribution < -0.4 is 4.74 Å². The summed E-state index contributed by atoms with van der Waals surface area (Å²) in [5.74, 6) is -1.08. The van der Waals surface area contributed by atoms with E-state index in [-0.39, 0.29) is 0 Å². The molecule has 0 radical (unpaired) electrons. The average Bonchev–Trinajstić information content (AvgIpc) is 2.71. The van der Waals surface area contributed by atoms with E-state index in [1.54, 1.807) is 19.1 Å². The molecule has 0 bridgehead atoms. The van der Waals surface area contributed by atoms with E-state index in [1.165, 1.54) is 18.0 Å². The van der Waals surface area contributed by atoms with Crippen molar-refractivity contribution in [1.82, 2.24) is 14.6 Å². The minimum absolute atomic E-state index is 0.429. The lowest BCUT2D eigenvalue weighted by atomic mass is 10.1. The molecule has 0 saturated heterocycles. The zero-order valence-electron chi connectivity index (χ0n) is 8.91. The SMILES string of the molecule is COc1ncnn2c(C(C)C(=O)O)ccc12. The number of ether oxygens (including phenoxy) is 1. The molecule has 0 aliphatic rings. The van der Waals surface area contributed by atoms with Crippen LogP contribution in [-0.4, -0.2) is 32.8 Å². The summed E-state index contributed by atoms with van der Waals surface area (Å²) in [7, 11) is 1.51. The van der Waals surface area contributed by atoms with Crippen LogP contribution in [0.25, 0.3) is 5.52 Å². The molecule has 2 aromatic heterocycles. The lowest BCUT2D eigenvalue weighted by molar-refractivity contribution is -0.138. The number of nitrogens with zero attached hydrogens (tertiary/aromatic N) is 3. The molecular formula is C10H11N3O3. The first kappa shape index (κ1) is 10.4. The van der Waals surface area contributed by atoms with Crippen molar-refractivity contribution in [1.29, 1.82) is 0 Å². The Bertz CT molecular complexity index is 535. The number of carboxylic acids is 1. The minimum atomic E-state index is -0.891. The van der Waals surface area contributed by atoms with Gasteiger partial charge in [0.2, 0.25) is 5.88 Å². The van der Waals surface area contributed by atoms with Crippen LogP contribution in [-0.2, 0) is 4.79 Å². The third-order valence-electron chi connectivity index (χ3n) is 2.45. The summed E-state index contributed by atoms with van der Waals surface area (Å²) in [6.07, 6.45) is 1.34. The Morgan fingerprint density at radius 1 is 1.56 bits per heavy atom. The number of aromatic nitrogens is 3. The predicted molar refractivity (Wildman–Crippen MR) is 55.6 cm³/mol. The highest BCUT2D eigenvalue weighted by atomic mass is 16.5. The van der Waals surface area contributed by atoms with Crippen molar-refractivity contribution in [3.8, 4) is 5.88 Å². The number of hydrogen-bond acceptors (Lipinski definition) is 4. The van der Waals surface area contributed by atoms with E-state index in [0.717, 1.165) is 0 Å². The summed E-state index contributed by atoms with van der Waals surface area (Å²) in [6.45, 7) is 1.61. The Morgan fingerprint density at radius 3 is 2.94 bits per heavy atom. The highest BCUT2D eigenvalue weighted by Crippen LogP contribution is 2.22. The van der Waals surface area contributed by atoms with Crippen LogP contribution in [0.15, 0.2) is 18.5 Å². The standard InChI is InChI=1S/C10H11N3O3/c1-6(10(14)15)7-3-4-8-9(16-2)11-5-12-13(7)8/h3-6H,1-2H3,(H,14,15). The fraction of sp³-hybridized carbons (Fsp3) is 0.300. The number of fused-ring (bicyclic) bond motifs is 1. The smallest absolute Gasteiger partial charge is 0.312 e. The van der Waals surface area contributed by atoms with E-state index >= 15 is 0 Å². The number of methoxy groups -OCH3 is 1. The number of carboxylic acid groups (broad SMARTS) is 1. The molecule has 6 heteroatoms. The van der Waals surface area contributed by atoms with Gasteiger partial charge in [0.05, 0.1) is 18.7 Å². The van der Waals surface area contributed by atoms with Crippen LogP contribution in [0.5, 0.6) is 5.88 Å². The average molecular weight is 221 g/mol. The Hall–Kier alpha value is -2.11. The molecule has 0 amide bonds. The van der Waals surface area contributed by atoms with Gasteiger partial charge >= 0.3 is 5.97 Å². The molecule has 0 spiro atoms. The van der Waals surface area contributed by atoms with Crippen LogP contribution in [0.3, 0.4) is 0 Å². The summed E-state index contributed by atoms with van der Waals surface area (Å²) in [4.78, 5) is 14.8. The fourth-order valence-electron chi connectivity index (χ4n) is 1.54. The first-order valence-electron chi connectivity index (χ1n) is 4.74. The van der Waals surface area contributed by atoms with Gasteiger partial charge in [-0.25, -0.2) is 4.52 Å². The molecule has 2 aromatic rings. The van der Waals surface area contributed by atoms with Crippen LogP contribution in [0.2, 0.25) is 0 Å². The molecule has 1 N–H and O–H groups in total. The van der Waals surface area contributed by atoms with E-state index in [4.69, 9.17) is 9.84 Å². The molecular weight excluding hydrogens is 210 g/mol. The highest BCUT2D eigenvalue weighted by molar-refractivity contribution is 5.76. The molecule has 1 atom stereocenters. The van der Waals surface area contributed by atoms with Gasteiger partial charge in [0.15, 0.2) is 0 Å². The molecule has 0 aliphatic heterocycles. The van der Waals surface area contributed by atoms with Gasteiger partial charge < -0.3 is 9.84 Å². The summed E-state index contributed by atoms with van der Waals surface area (Å²) in [6, 6.07) is 3.46. The molecule has 1 unspecified atom stereocenters. The van der Waals surface area contributed by atoms with Crippen LogP contribution in [0.1, 0.15) is 18.5 Å². The van der Waals surface area contributed by atoms with Crippen molar-refractivity contribution in [3.63, 3.8) is 0 Å². The lowest BCUT2D eigenvalue weighted by Gasteiger charge is -2.06. The Kier molecular flexibility index (Phi) is 2.47. The quantitative estimate of drug-likeness (QED) is 0.834. The maximum atomic E-state index is 10.9. The van der Waals surface area contributed by atoms with Gasteiger partial charge in [0, 0.05) is 0 Å². The van der Waals surface area contributed by atoms with Crippen molar-refractivity contribution in [2.75, 3.05) is 7.11 Å². The van der Waals surface area contributed by atoms with Gasteiger partial charge in [-0.3, -0.25) is 4.79 Å². The largest absolute Gasteiger partial charge is 0.481 e. The van der Waals surface area contributed by atoms with E-state index < -0.39 is 11.9 Å². The lowest BCUT2D eigenvalue weighted by Crippen LogP contribution is -2.11. The van der Waals surface area contributed by atoms with Crippen molar-refractivity contribution in [3.05, 3.63) is 24.2 Å². The van der Waals surface area contributed by atoms with Crippen LogP contribution in [0, 0.1) is 0 Å². The summed E-state index contributed by atoms with van der Waals surface area (Å²) in [5, 5.41) is 13.0. The van der Waals surface area contributed by atoms with Crippen molar-refractivity contribution < 1.29 is 14.6 Å². The monoisotopic (exact) mass is 221 g/mol. The van der Waals surface area contributed by atoms with Crippen molar-refractivity contribution in [2.24, 2.45) is 0 Å². The first-order valence-corrected chi connectivity index (χ1v) is 4.74. The summed E-state index contributed by atoms with van der Waals surface area (Å²) >= 11 is 0. The minimum Gasteiger partial charge on any atom is -0.481 e. The van der Waals surface area contributed by atoms with Gasteiger partial charge in [-0.15, -0.1) is 0 Å². The number of aliphatic carboxylic acids is 1. The van der Waals surface area contributed by atoms with Crippen LogP contribution in [0.4, 0.5) is 0 Å². The number of hydrogen-bond donors (Lipinski definition) is 1. The highest BCUT2D eigenvalue weighted by Gasteiger charge is 2.19. The summed E-state index contributed by atoms with van der Waals surface area (Å²) < 4.78 is 6.59. The maximum Gasteiger partial charge on any atom is 0.312 e. The topological polar surface area (TPSA) is 76.7 Å². The molecule has 0 saturated carbocycles. The zero-order chi connectivity index (χ0) is 11.7. The molecule has 0 aromatic carbocycles. The Labute approximate surface area is 91.5 Å². The second-order valence-electron chi connectivity index (χ2n) is 3.38. The fourth-order valence-corrected chi connectivity index (χ4v) is 1.54. The van der Waals surface area contributed by atoms with Gasteiger partial charge in [0.1, 0.15) is 11.8 Å². The zero-order valence-corrected chi connectivity index (χ0v) is 8.91. The molecule has 0 fully saturated rings. The van der Waals surface area contributed by atoms with Gasteiger partial charge in [-0.05, 0) is 19.1 Å². The molecule has 16 heavy (non-hydrogen) atoms. The van der Waals surface area contributed by atoms with E-state index in [9.17, 15) is 4.79 Å². The maximum absolute atomic E-state index is 10.9. The molecule has 2 heterocycles. The normalized spacial score (nSPS) is 12.6. The third kappa shape index (κ3) is 1.48. The first-order chi connectivity index (χ1) is 7.65. The second kappa shape index (κ2) is 3.80. The van der Waals surface area contributed by atoms with E-state index in [0.29, 0.717) is 17.1 Å². The third-order valence-corrected chi connectivity index (χ3v) is 2.45. The Balaban J connectivity index is 2.61. The van der Waals surface area contributed by atoms with Gasteiger partial charge in [-0.1, -0.05) is 0 Å². The molecule has 84 valence electrons. The molecule has 0 aliphatic carbocycles. The Morgan fingerprint density at radius 2 is 2.31 bits per heavy atom. The number of rotatable bonds is 3.